The Hall–Kier alpha value is -2.53. The van der Waals surface area contributed by atoms with Gasteiger partial charge in [0.1, 0.15) is 5.82 Å². The van der Waals surface area contributed by atoms with Crippen LogP contribution in [-0.4, -0.2) is 16.9 Å². The molecule has 0 bridgehead atoms. The first kappa shape index (κ1) is 17.3. The predicted octanol–water partition coefficient (Wildman–Crippen LogP) is 4.86. The van der Waals surface area contributed by atoms with Crippen LogP contribution >= 0.6 is 11.3 Å². The van der Waals surface area contributed by atoms with Gasteiger partial charge in [-0.3, -0.25) is 4.99 Å². The van der Waals surface area contributed by atoms with Crippen LogP contribution in [0.15, 0.2) is 64.0 Å². The molecule has 0 radical (unpaired) electrons. The maximum Gasteiger partial charge on any atom is 0.206 e. The molecule has 3 nitrogen and oxygen atoms in total. The first-order valence-electron chi connectivity index (χ1n) is 8.15. The highest BCUT2D eigenvalue weighted by Crippen LogP contribution is 2.23. The van der Waals surface area contributed by atoms with E-state index in [1.54, 1.807) is 23.0 Å². The van der Waals surface area contributed by atoms with Crippen LogP contribution in [0, 0.1) is 12.7 Å². The smallest absolute Gasteiger partial charge is 0.206 e. The van der Waals surface area contributed by atoms with Gasteiger partial charge in [-0.15, -0.1) is 11.3 Å². The summed E-state index contributed by atoms with van der Waals surface area (Å²) in [5.41, 5.74) is 3.38. The van der Waals surface area contributed by atoms with E-state index in [9.17, 15) is 4.39 Å². The molecule has 0 saturated heterocycles. The number of rotatable bonds is 4. The normalized spacial score (nSPS) is 12.4. The van der Waals surface area contributed by atoms with Crippen molar-refractivity contribution in [3.63, 3.8) is 0 Å². The molecule has 0 aliphatic heterocycles. The lowest BCUT2D eigenvalue weighted by molar-refractivity contribution is 0.629. The number of hydrogen-bond donors (Lipinski definition) is 0. The standard InChI is InChI=1S/C20H20FN3S/c1-14(2)23-20-24(22-12-16-8-6-7-15(3)11-16)19(13-25-20)17-9-4-5-10-18(17)21/h4-14H,1-3H3. The Balaban J connectivity index is 2.13. The van der Waals surface area contributed by atoms with Crippen molar-refractivity contribution in [1.29, 1.82) is 0 Å². The van der Waals surface area contributed by atoms with Crippen molar-refractivity contribution in [3.05, 3.63) is 75.7 Å². The molecule has 1 aromatic heterocycles. The molecule has 2 aromatic carbocycles. The molecule has 25 heavy (non-hydrogen) atoms. The second kappa shape index (κ2) is 7.57. The summed E-state index contributed by atoms with van der Waals surface area (Å²) in [5, 5.41) is 6.49. The molecule has 0 atom stereocenters. The summed E-state index contributed by atoms with van der Waals surface area (Å²) in [5.74, 6) is -0.268. The largest absolute Gasteiger partial charge is 0.255 e. The second-order valence-corrected chi connectivity index (χ2v) is 6.91. The molecular formula is C20H20FN3S. The lowest BCUT2D eigenvalue weighted by Gasteiger charge is -2.05. The zero-order chi connectivity index (χ0) is 17.8. The average Bonchev–Trinajstić information content (AvgIpc) is 2.95. The summed E-state index contributed by atoms with van der Waals surface area (Å²) >= 11 is 1.46. The first-order chi connectivity index (χ1) is 12.0. The fourth-order valence-corrected chi connectivity index (χ4v) is 3.41. The Morgan fingerprint density at radius 3 is 2.64 bits per heavy atom. The van der Waals surface area contributed by atoms with Crippen LogP contribution in [0.1, 0.15) is 25.0 Å². The van der Waals surface area contributed by atoms with Gasteiger partial charge in [-0.25, -0.2) is 9.07 Å². The Morgan fingerprint density at radius 2 is 1.92 bits per heavy atom. The van der Waals surface area contributed by atoms with Crippen LogP contribution in [0.3, 0.4) is 0 Å². The molecule has 5 heteroatoms. The fourth-order valence-electron chi connectivity index (χ4n) is 2.45. The highest BCUT2D eigenvalue weighted by Gasteiger charge is 2.11. The topological polar surface area (TPSA) is 29.6 Å². The molecule has 0 amide bonds. The zero-order valence-corrected chi connectivity index (χ0v) is 15.3. The Labute approximate surface area is 150 Å². The molecule has 3 rings (SSSR count). The number of aryl methyl sites for hydroxylation is 1. The van der Waals surface area contributed by atoms with Crippen molar-refractivity contribution in [3.8, 4) is 11.3 Å². The van der Waals surface area contributed by atoms with E-state index in [4.69, 9.17) is 0 Å². The van der Waals surface area contributed by atoms with Crippen LogP contribution in [0.5, 0.6) is 0 Å². The van der Waals surface area contributed by atoms with Crippen molar-refractivity contribution in [2.75, 3.05) is 0 Å². The van der Waals surface area contributed by atoms with Gasteiger partial charge >= 0.3 is 0 Å². The lowest BCUT2D eigenvalue weighted by Crippen LogP contribution is -2.14. The maximum atomic E-state index is 14.3. The van der Waals surface area contributed by atoms with Gasteiger partial charge in [0.2, 0.25) is 4.80 Å². The van der Waals surface area contributed by atoms with Gasteiger partial charge in [-0.2, -0.15) is 5.10 Å². The summed E-state index contributed by atoms with van der Waals surface area (Å²) in [6.45, 7) is 6.06. The van der Waals surface area contributed by atoms with Crippen LogP contribution in [-0.2, 0) is 0 Å². The molecular weight excluding hydrogens is 333 g/mol. The molecule has 128 valence electrons. The molecule has 3 aromatic rings. The molecule has 0 fully saturated rings. The summed E-state index contributed by atoms with van der Waals surface area (Å²) in [7, 11) is 0. The Morgan fingerprint density at radius 1 is 1.12 bits per heavy atom. The van der Waals surface area contributed by atoms with Crippen molar-refractivity contribution in [2.24, 2.45) is 10.1 Å². The van der Waals surface area contributed by atoms with Gasteiger partial charge < -0.3 is 0 Å². The zero-order valence-electron chi connectivity index (χ0n) is 14.5. The highest BCUT2D eigenvalue weighted by atomic mass is 32.1. The fraction of sp³-hybridized carbons (Fsp3) is 0.200. The summed E-state index contributed by atoms with van der Waals surface area (Å²) in [6, 6.07) is 14.9. The maximum absolute atomic E-state index is 14.3. The molecule has 0 unspecified atom stereocenters. The van der Waals surface area contributed by atoms with Gasteiger partial charge in [0.05, 0.1) is 11.9 Å². The van der Waals surface area contributed by atoms with E-state index in [0.717, 1.165) is 10.4 Å². The second-order valence-electron chi connectivity index (χ2n) is 6.08. The quantitative estimate of drug-likeness (QED) is 0.600. The minimum atomic E-state index is -0.268. The third kappa shape index (κ3) is 4.12. The van der Waals surface area contributed by atoms with E-state index in [0.29, 0.717) is 11.3 Å². The SMILES string of the molecule is Cc1cccc(C=Nn2c(-c3ccccc3F)csc2=NC(C)C)c1. The van der Waals surface area contributed by atoms with Crippen LogP contribution in [0.2, 0.25) is 0 Å². The Kier molecular flexibility index (Phi) is 5.24. The molecule has 0 aliphatic carbocycles. The predicted molar refractivity (Wildman–Crippen MR) is 103 cm³/mol. The average molecular weight is 353 g/mol. The van der Waals surface area contributed by atoms with Crippen molar-refractivity contribution < 1.29 is 4.39 Å². The number of thiazole rings is 1. The van der Waals surface area contributed by atoms with E-state index >= 15 is 0 Å². The lowest BCUT2D eigenvalue weighted by atomic mass is 10.1. The molecule has 0 aliphatic rings. The molecule has 0 N–H and O–H groups in total. The van der Waals surface area contributed by atoms with E-state index in [1.807, 2.05) is 50.4 Å². The van der Waals surface area contributed by atoms with Gasteiger partial charge in [0.25, 0.3) is 0 Å². The molecule has 0 saturated carbocycles. The van der Waals surface area contributed by atoms with E-state index in [-0.39, 0.29) is 11.9 Å². The van der Waals surface area contributed by atoms with E-state index in [2.05, 4.69) is 16.2 Å². The van der Waals surface area contributed by atoms with Crippen LogP contribution in [0.25, 0.3) is 11.3 Å². The first-order valence-corrected chi connectivity index (χ1v) is 9.03. The molecule has 1 heterocycles. The van der Waals surface area contributed by atoms with Gasteiger partial charge in [-0.05, 0) is 38.5 Å². The van der Waals surface area contributed by atoms with Gasteiger partial charge in [0.15, 0.2) is 0 Å². The number of benzene rings is 2. The van der Waals surface area contributed by atoms with Crippen molar-refractivity contribution in [1.82, 2.24) is 4.68 Å². The third-order valence-corrected chi connectivity index (χ3v) is 4.40. The van der Waals surface area contributed by atoms with Gasteiger partial charge in [-0.1, -0.05) is 42.0 Å². The summed E-state index contributed by atoms with van der Waals surface area (Å²) < 4.78 is 16.0. The third-order valence-electron chi connectivity index (χ3n) is 3.57. The monoisotopic (exact) mass is 353 g/mol. The van der Waals surface area contributed by atoms with Crippen molar-refractivity contribution >= 4 is 17.6 Å². The number of hydrogen-bond acceptors (Lipinski definition) is 3. The number of nitrogens with zero attached hydrogens (tertiary/aromatic N) is 3. The Bertz CT molecular complexity index is 967. The summed E-state index contributed by atoms with van der Waals surface area (Å²) in [4.78, 5) is 5.36. The van der Waals surface area contributed by atoms with E-state index in [1.165, 1.54) is 23.0 Å². The van der Waals surface area contributed by atoms with E-state index < -0.39 is 0 Å². The summed E-state index contributed by atoms with van der Waals surface area (Å²) in [6.07, 6.45) is 1.78. The molecule has 0 spiro atoms. The number of halogens is 1. The minimum absolute atomic E-state index is 0.132. The van der Waals surface area contributed by atoms with Crippen LogP contribution in [0.4, 0.5) is 4.39 Å². The van der Waals surface area contributed by atoms with Crippen molar-refractivity contribution in [2.45, 2.75) is 26.8 Å². The van der Waals surface area contributed by atoms with Gasteiger partial charge in [0, 0.05) is 17.0 Å². The minimum Gasteiger partial charge on any atom is -0.255 e. The highest BCUT2D eigenvalue weighted by molar-refractivity contribution is 7.07. The number of aromatic nitrogens is 1. The van der Waals surface area contributed by atoms with Crippen LogP contribution < -0.4 is 4.80 Å².